The van der Waals surface area contributed by atoms with Crippen LogP contribution in [0.4, 0.5) is 0 Å². The van der Waals surface area contributed by atoms with E-state index in [9.17, 15) is 0 Å². The molecule has 1 heterocycles. The molecule has 0 saturated heterocycles. The van der Waals surface area contributed by atoms with Crippen LogP contribution in [0.15, 0.2) is 17.5 Å². The molecule has 14 heavy (non-hydrogen) atoms. The smallest absolute Gasteiger partial charge is 0.122 e. The standard InChI is InChI=1S/C11H11ClOS/c1-3-13-8-4-9(12)11-7(2)6-14-10(11)5-8/h4-6H,3H2,1-2H3. The summed E-state index contributed by atoms with van der Waals surface area (Å²) in [6.07, 6.45) is 0. The number of halogens is 1. The lowest BCUT2D eigenvalue weighted by molar-refractivity contribution is 0.341. The van der Waals surface area contributed by atoms with E-state index in [0.29, 0.717) is 6.61 Å². The topological polar surface area (TPSA) is 9.23 Å². The Labute approximate surface area is 92.3 Å². The number of fused-ring (bicyclic) bond motifs is 1. The molecule has 1 aromatic carbocycles. The van der Waals surface area contributed by atoms with Crippen LogP contribution >= 0.6 is 22.9 Å². The number of thiophene rings is 1. The molecular weight excluding hydrogens is 216 g/mol. The molecule has 74 valence electrons. The Kier molecular flexibility index (Phi) is 2.66. The molecule has 0 atom stereocenters. The first-order valence-electron chi connectivity index (χ1n) is 4.52. The van der Waals surface area contributed by atoms with Gasteiger partial charge >= 0.3 is 0 Å². The van der Waals surface area contributed by atoms with Gasteiger partial charge in [-0.25, -0.2) is 0 Å². The van der Waals surface area contributed by atoms with Gasteiger partial charge in [0.1, 0.15) is 5.75 Å². The van der Waals surface area contributed by atoms with E-state index in [2.05, 4.69) is 12.3 Å². The van der Waals surface area contributed by atoms with Crippen LogP contribution in [0.1, 0.15) is 12.5 Å². The van der Waals surface area contributed by atoms with E-state index in [0.717, 1.165) is 16.2 Å². The summed E-state index contributed by atoms with van der Waals surface area (Å²) in [6.45, 7) is 4.72. The van der Waals surface area contributed by atoms with Crippen LogP contribution in [0, 0.1) is 6.92 Å². The van der Waals surface area contributed by atoms with Crippen molar-refractivity contribution in [3.63, 3.8) is 0 Å². The first-order chi connectivity index (χ1) is 6.72. The maximum absolute atomic E-state index is 6.17. The predicted molar refractivity (Wildman–Crippen MR) is 62.7 cm³/mol. The van der Waals surface area contributed by atoms with Gasteiger partial charge in [-0.3, -0.25) is 0 Å². The van der Waals surface area contributed by atoms with Gasteiger partial charge in [-0.05, 0) is 36.9 Å². The van der Waals surface area contributed by atoms with Gasteiger partial charge in [-0.2, -0.15) is 0 Å². The molecule has 0 aliphatic heterocycles. The predicted octanol–water partition coefficient (Wildman–Crippen LogP) is 4.26. The number of rotatable bonds is 2. The van der Waals surface area contributed by atoms with Gasteiger partial charge in [0.25, 0.3) is 0 Å². The van der Waals surface area contributed by atoms with Crippen LogP contribution in [-0.2, 0) is 0 Å². The fourth-order valence-electron chi connectivity index (χ4n) is 1.49. The number of ether oxygens (including phenoxy) is 1. The summed E-state index contributed by atoms with van der Waals surface area (Å²) in [6, 6.07) is 3.93. The molecule has 1 aromatic heterocycles. The lowest BCUT2D eigenvalue weighted by atomic mass is 10.2. The Morgan fingerprint density at radius 3 is 2.93 bits per heavy atom. The summed E-state index contributed by atoms with van der Waals surface area (Å²) in [5, 5.41) is 4.05. The molecule has 0 amide bonds. The zero-order chi connectivity index (χ0) is 10.1. The lowest BCUT2D eigenvalue weighted by Crippen LogP contribution is -1.90. The SMILES string of the molecule is CCOc1cc(Cl)c2c(C)csc2c1. The Bertz CT molecular complexity index is 462. The third-order valence-electron chi connectivity index (χ3n) is 2.10. The van der Waals surface area contributed by atoms with E-state index in [4.69, 9.17) is 16.3 Å². The van der Waals surface area contributed by atoms with Gasteiger partial charge in [0.15, 0.2) is 0 Å². The molecule has 3 heteroatoms. The molecule has 0 aliphatic carbocycles. The van der Waals surface area contributed by atoms with Crippen LogP contribution in [0.3, 0.4) is 0 Å². The number of aryl methyl sites for hydroxylation is 1. The van der Waals surface area contributed by atoms with Crippen LogP contribution in [0.2, 0.25) is 5.02 Å². The Morgan fingerprint density at radius 2 is 2.21 bits per heavy atom. The third kappa shape index (κ3) is 1.60. The van der Waals surface area contributed by atoms with Crippen molar-refractivity contribution in [2.45, 2.75) is 13.8 Å². The van der Waals surface area contributed by atoms with E-state index >= 15 is 0 Å². The fourth-order valence-corrected chi connectivity index (χ4v) is 2.90. The largest absolute Gasteiger partial charge is 0.494 e. The highest BCUT2D eigenvalue weighted by Gasteiger charge is 2.07. The second-order valence-corrected chi connectivity index (χ2v) is 4.45. The molecule has 2 rings (SSSR count). The summed E-state index contributed by atoms with van der Waals surface area (Å²) in [7, 11) is 0. The highest BCUT2D eigenvalue weighted by Crippen LogP contribution is 2.35. The maximum Gasteiger partial charge on any atom is 0.122 e. The molecule has 0 spiro atoms. The second kappa shape index (κ2) is 3.79. The van der Waals surface area contributed by atoms with Gasteiger partial charge in [0, 0.05) is 10.1 Å². The molecule has 1 nitrogen and oxygen atoms in total. The van der Waals surface area contributed by atoms with Crippen LogP contribution in [0.25, 0.3) is 10.1 Å². The third-order valence-corrected chi connectivity index (χ3v) is 3.44. The Hall–Kier alpha value is -0.730. The normalized spacial score (nSPS) is 10.8. The molecule has 0 fully saturated rings. The van der Waals surface area contributed by atoms with Crippen molar-refractivity contribution in [2.75, 3.05) is 6.61 Å². The van der Waals surface area contributed by atoms with Crippen LogP contribution < -0.4 is 4.74 Å². The molecule has 0 radical (unpaired) electrons. The first kappa shape index (κ1) is 9.81. The van der Waals surface area contributed by atoms with Crippen LogP contribution in [-0.4, -0.2) is 6.61 Å². The monoisotopic (exact) mass is 226 g/mol. The van der Waals surface area contributed by atoms with Gasteiger partial charge in [0.05, 0.1) is 11.6 Å². The molecule has 0 unspecified atom stereocenters. The molecule has 2 aromatic rings. The summed E-state index contributed by atoms with van der Waals surface area (Å²) in [5.74, 6) is 0.854. The van der Waals surface area contributed by atoms with Crippen molar-refractivity contribution in [3.8, 4) is 5.75 Å². The van der Waals surface area contributed by atoms with Gasteiger partial charge in [-0.15, -0.1) is 11.3 Å². The van der Waals surface area contributed by atoms with Crippen molar-refractivity contribution in [3.05, 3.63) is 28.1 Å². The fraction of sp³-hybridized carbons (Fsp3) is 0.273. The lowest BCUT2D eigenvalue weighted by Gasteiger charge is -2.04. The summed E-state index contributed by atoms with van der Waals surface area (Å²) in [4.78, 5) is 0. The van der Waals surface area contributed by atoms with E-state index < -0.39 is 0 Å². The number of benzene rings is 1. The van der Waals surface area contributed by atoms with E-state index in [-0.39, 0.29) is 0 Å². The summed E-state index contributed by atoms with van der Waals surface area (Å²) < 4.78 is 6.62. The highest BCUT2D eigenvalue weighted by molar-refractivity contribution is 7.17. The second-order valence-electron chi connectivity index (χ2n) is 3.13. The number of hydrogen-bond donors (Lipinski definition) is 0. The average Bonchev–Trinajstić information content (AvgIpc) is 2.48. The van der Waals surface area contributed by atoms with E-state index in [1.54, 1.807) is 11.3 Å². The highest BCUT2D eigenvalue weighted by atomic mass is 35.5. The van der Waals surface area contributed by atoms with Gasteiger partial charge < -0.3 is 4.74 Å². The zero-order valence-corrected chi connectivity index (χ0v) is 9.71. The summed E-state index contributed by atoms with van der Waals surface area (Å²) in [5.41, 5.74) is 1.23. The quantitative estimate of drug-likeness (QED) is 0.744. The van der Waals surface area contributed by atoms with E-state index in [1.807, 2.05) is 19.1 Å². The molecule has 0 bridgehead atoms. The average molecular weight is 227 g/mol. The van der Waals surface area contributed by atoms with Gasteiger partial charge in [-0.1, -0.05) is 11.6 Å². The van der Waals surface area contributed by atoms with Crippen molar-refractivity contribution in [1.29, 1.82) is 0 Å². The maximum atomic E-state index is 6.17. The zero-order valence-electron chi connectivity index (χ0n) is 8.13. The summed E-state index contributed by atoms with van der Waals surface area (Å²) >= 11 is 7.87. The van der Waals surface area contributed by atoms with Crippen molar-refractivity contribution < 1.29 is 4.74 Å². The Morgan fingerprint density at radius 1 is 1.43 bits per heavy atom. The minimum absolute atomic E-state index is 0.673. The van der Waals surface area contributed by atoms with Gasteiger partial charge in [0.2, 0.25) is 0 Å². The van der Waals surface area contributed by atoms with Crippen molar-refractivity contribution in [2.24, 2.45) is 0 Å². The van der Waals surface area contributed by atoms with Crippen molar-refractivity contribution in [1.82, 2.24) is 0 Å². The molecule has 0 saturated carbocycles. The van der Waals surface area contributed by atoms with Crippen molar-refractivity contribution >= 4 is 33.0 Å². The molecule has 0 aliphatic rings. The Balaban J connectivity index is 2.62. The van der Waals surface area contributed by atoms with E-state index in [1.165, 1.54) is 10.3 Å². The molecular formula is C11H11ClOS. The minimum Gasteiger partial charge on any atom is -0.494 e. The van der Waals surface area contributed by atoms with Crippen LogP contribution in [0.5, 0.6) is 5.75 Å². The molecule has 0 N–H and O–H groups in total. The minimum atomic E-state index is 0.673. The first-order valence-corrected chi connectivity index (χ1v) is 5.78. The number of hydrogen-bond acceptors (Lipinski definition) is 2.